The summed E-state index contributed by atoms with van der Waals surface area (Å²) in [6.07, 6.45) is -3.73. The van der Waals surface area contributed by atoms with Crippen molar-refractivity contribution in [2.75, 3.05) is 0 Å². The quantitative estimate of drug-likeness (QED) is 0.784. The SMILES string of the molecule is N[C@H](C=O)Cc1cccc(C(F)(F)F)c1. The molecule has 82 valence electrons. The van der Waals surface area contributed by atoms with Gasteiger partial charge in [0.25, 0.3) is 0 Å². The molecule has 0 aromatic heterocycles. The summed E-state index contributed by atoms with van der Waals surface area (Å²) in [6.45, 7) is 0. The standard InChI is InChI=1S/C10H10F3NO/c11-10(12,13)8-3-1-2-7(4-8)5-9(14)6-15/h1-4,6,9H,5,14H2/t9-/m0/s1. The van der Waals surface area contributed by atoms with Gasteiger partial charge in [0.1, 0.15) is 6.29 Å². The summed E-state index contributed by atoms with van der Waals surface area (Å²) in [5.74, 6) is 0. The maximum atomic E-state index is 12.3. The zero-order valence-corrected chi connectivity index (χ0v) is 7.79. The van der Waals surface area contributed by atoms with Crippen LogP contribution in [0, 0.1) is 0 Å². The highest BCUT2D eigenvalue weighted by atomic mass is 19.4. The number of benzene rings is 1. The Morgan fingerprint density at radius 1 is 1.40 bits per heavy atom. The topological polar surface area (TPSA) is 43.1 Å². The minimum absolute atomic E-state index is 0.118. The van der Waals surface area contributed by atoms with Crippen LogP contribution in [0.4, 0.5) is 13.2 Å². The molecule has 1 rings (SSSR count). The Morgan fingerprint density at radius 2 is 2.07 bits per heavy atom. The largest absolute Gasteiger partial charge is 0.416 e. The number of halogens is 3. The average Bonchev–Trinajstić information content (AvgIpc) is 2.17. The number of hydrogen-bond acceptors (Lipinski definition) is 2. The van der Waals surface area contributed by atoms with E-state index >= 15 is 0 Å². The lowest BCUT2D eigenvalue weighted by Crippen LogP contribution is -2.24. The summed E-state index contributed by atoms with van der Waals surface area (Å²) in [7, 11) is 0. The minimum atomic E-state index is -4.36. The van der Waals surface area contributed by atoms with Crippen molar-refractivity contribution in [3.8, 4) is 0 Å². The minimum Gasteiger partial charge on any atom is -0.321 e. The molecule has 0 amide bonds. The first kappa shape index (κ1) is 11.7. The summed E-state index contributed by atoms with van der Waals surface area (Å²) in [5.41, 5.74) is 5.00. The lowest BCUT2D eigenvalue weighted by molar-refractivity contribution is -0.137. The van der Waals surface area contributed by atoms with Gasteiger partial charge in [-0.1, -0.05) is 18.2 Å². The molecule has 0 fully saturated rings. The molecule has 0 radical (unpaired) electrons. The molecule has 1 atom stereocenters. The van der Waals surface area contributed by atoms with Gasteiger partial charge in [0.15, 0.2) is 0 Å². The molecule has 0 saturated carbocycles. The van der Waals surface area contributed by atoms with Crippen molar-refractivity contribution in [3.05, 3.63) is 35.4 Å². The summed E-state index contributed by atoms with van der Waals surface area (Å²) in [4.78, 5) is 10.2. The number of carbonyl (C=O) groups excluding carboxylic acids is 1. The average molecular weight is 217 g/mol. The number of alkyl halides is 3. The summed E-state index contributed by atoms with van der Waals surface area (Å²) >= 11 is 0. The van der Waals surface area contributed by atoms with Crippen molar-refractivity contribution >= 4 is 6.29 Å². The highest BCUT2D eigenvalue weighted by Gasteiger charge is 2.30. The molecule has 0 heterocycles. The molecule has 2 nitrogen and oxygen atoms in total. The molecule has 0 spiro atoms. The molecular formula is C10H10F3NO. The van der Waals surface area contributed by atoms with Crippen molar-refractivity contribution < 1.29 is 18.0 Å². The molecule has 0 aliphatic rings. The zero-order valence-electron chi connectivity index (χ0n) is 7.79. The van der Waals surface area contributed by atoms with Crippen molar-refractivity contribution in [2.24, 2.45) is 5.73 Å². The lowest BCUT2D eigenvalue weighted by Gasteiger charge is -2.09. The second-order valence-corrected chi connectivity index (χ2v) is 3.20. The van der Waals surface area contributed by atoms with Crippen LogP contribution in [0.3, 0.4) is 0 Å². The predicted octanol–water partition coefficient (Wildman–Crippen LogP) is 1.77. The number of hydrogen-bond donors (Lipinski definition) is 1. The second kappa shape index (κ2) is 4.44. The van der Waals surface area contributed by atoms with Crippen LogP contribution in [0.25, 0.3) is 0 Å². The third-order valence-electron chi connectivity index (χ3n) is 1.90. The highest BCUT2D eigenvalue weighted by Crippen LogP contribution is 2.29. The lowest BCUT2D eigenvalue weighted by atomic mass is 10.0. The maximum absolute atomic E-state index is 12.3. The maximum Gasteiger partial charge on any atom is 0.416 e. The Morgan fingerprint density at radius 3 is 2.60 bits per heavy atom. The van der Waals surface area contributed by atoms with Gasteiger partial charge in [0.05, 0.1) is 11.6 Å². The summed E-state index contributed by atoms with van der Waals surface area (Å²) < 4.78 is 36.9. The van der Waals surface area contributed by atoms with E-state index < -0.39 is 17.8 Å². The first-order chi connectivity index (χ1) is 6.93. The predicted molar refractivity (Wildman–Crippen MR) is 49.2 cm³/mol. The third kappa shape index (κ3) is 3.36. The van der Waals surface area contributed by atoms with Crippen LogP contribution < -0.4 is 5.73 Å². The Hall–Kier alpha value is -1.36. The van der Waals surface area contributed by atoms with Crippen molar-refractivity contribution in [2.45, 2.75) is 18.6 Å². The van der Waals surface area contributed by atoms with E-state index in [2.05, 4.69) is 0 Å². The molecule has 15 heavy (non-hydrogen) atoms. The second-order valence-electron chi connectivity index (χ2n) is 3.20. The number of carbonyl (C=O) groups is 1. The molecule has 2 N–H and O–H groups in total. The third-order valence-corrected chi connectivity index (χ3v) is 1.90. The number of aldehydes is 1. The van der Waals surface area contributed by atoms with Gasteiger partial charge in [-0.15, -0.1) is 0 Å². The van der Waals surface area contributed by atoms with Gasteiger partial charge >= 0.3 is 6.18 Å². The van der Waals surface area contributed by atoms with Gasteiger partial charge < -0.3 is 10.5 Å². The number of rotatable bonds is 3. The molecule has 0 unspecified atom stereocenters. The van der Waals surface area contributed by atoms with Gasteiger partial charge in [-0.05, 0) is 18.1 Å². The van der Waals surface area contributed by atoms with Gasteiger partial charge in [-0.25, -0.2) is 0 Å². The van der Waals surface area contributed by atoms with E-state index in [9.17, 15) is 18.0 Å². The fraction of sp³-hybridized carbons (Fsp3) is 0.300. The van der Waals surface area contributed by atoms with E-state index in [0.29, 0.717) is 11.8 Å². The Bertz CT molecular complexity index is 349. The van der Waals surface area contributed by atoms with Crippen LogP contribution >= 0.6 is 0 Å². The summed E-state index contributed by atoms with van der Waals surface area (Å²) in [6, 6.07) is 4.04. The monoisotopic (exact) mass is 217 g/mol. The molecule has 0 saturated heterocycles. The molecule has 0 aliphatic heterocycles. The number of nitrogens with two attached hydrogens (primary N) is 1. The van der Waals surface area contributed by atoms with Crippen LogP contribution in [0.1, 0.15) is 11.1 Å². The van der Waals surface area contributed by atoms with Gasteiger partial charge in [-0.3, -0.25) is 0 Å². The Labute approximate surface area is 84.9 Å². The van der Waals surface area contributed by atoms with E-state index in [0.717, 1.165) is 12.1 Å². The Balaban J connectivity index is 2.88. The smallest absolute Gasteiger partial charge is 0.321 e. The van der Waals surface area contributed by atoms with E-state index in [1.54, 1.807) is 0 Å². The molecule has 0 bridgehead atoms. The van der Waals surface area contributed by atoms with Gasteiger partial charge in [0, 0.05) is 0 Å². The van der Waals surface area contributed by atoms with Gasteiger partial charge in [-0.2, -0.15) is 13.2 Å². The van der Waals surface area contributed by atoms with E-state index in [1.807, 2.05) is 0 Å². The first-order valence-electron chi connectivity index (χ1n) is 4.30. The van der Waals surface area contributed by atoms with Crippen molar-refractivity contribution in [3.63, 3.8) is 0 Å². The fourth-order valence-corrected chi connectivity index (χ4v) is 1.19. The van der Waals surface area contributed by atoms with Crippen LogP contribution in [0.5, 0.6) is 0 Å². The first-order valence-corrected chi connectivity index (χ1v) is 4.30. The summed E-state index contributed by atoms with van der Waals surface area (Å²) in [5, 5.41) is 0. The molecular weight excluding hydrogens is 207 g/mol. The zero-order chi connectivity index (χ0) is 11.5. The normalized spacial score (nSPS) is 13.6. The Kier molecular flexibility index (Phi) is 3.47. The molecule has 1 aromatic rings. The van der Waals surface area contributed by atoms with Gasteiger partial charge in [0.2, 0.25) is 0 Å². The molecule has 5 heteroatoms. The van der Waals surface area contributed by atoms with E-state index in [4.69, 9.17) is 5.73 Å². The van der Waals surface area contributed by atoms with Crippen LogP contribution in [-0.4, -0.2) is 12.3 Å². The van der Waals surface area contributed by atoms with Crippen molar-refractivity contribution in [1.29, 1.82) is 0 Å². The fourth-order valence-electron chi connectivity index (χ4n) is 1.19. The van der Waals surface area contributed by atoms with E-state index in [1.165, 1.54) is 12.1 Å². The van der Waals surface area contributed by atoms with E-state index in [-0.39, 0.29) is 6.42 Å². The molecule has 0 aliphatic carbocycles. The van der Waals surface area contributed by atoms with Crippen LogP contribution in [-0.2, 0) is 17.4 Å². The molecule has 1 aromatic carbocycles. The van der Waals surface area contributed by atoms with Crippen molar-refractivity contribution in [1.82, 2.24) is 0 Å². The highest BCUT2D eigenvalue weighted by molar-refractivity contribution is 5.57. The van der Waals surface area contributed by atoms with Crippen LogP contribution in [0.2, 0.25) is 0 Å². The van der Waals surface area contributed by atoms with Crippen LogP contribution in [0.15, 0.2) is 24.3 Å².